The van der Waals surface area contributed by atoms with E-state index < -0.39 is 46.2 Å². The zero-order valence-corrected chi connectivity index (χ0v) is 9.75. The van der Waals surface area contributed by atoms with Crippen molar-refractivity contribution >= 4 is 11.6 Å². The van der Waals surface area contributed by atoms with Crippen LogP contribution in [0.15, 0.2) is 30.3 Å². The number of phenols is 1. The lowest BCUT2D eigenvalue weighted by Gasteiger charge is -2.08. The highest BCUT2D eigenvalue weighted by molar-refractivity contribution is 6.06. The molecular weight excluding hydrogens is 278 g/mol. The highest BCUT2D eigenvalue weighted by Gasteiger charge is 2.17. The first-order valence-corrected chi connectivity index (χ1v) is 5.33. The Morgan fingerprint density at radius 3 is 2.40 bits per heavy atom. The minimum atomic E-state index is -1.48. The molecule has 104 valence electrons. The molecule has 0 aromatic heterocycles. The Morgan fingerprint density at radius 1 is 1.00 bits per heavy atom. The Balaban J connectivity index is 2.35. The molecule has 3 nitrogen and oxygen atoms in total. The highest BCUT2D eigenvalue weighted by atomic mass is 19.2. The second-order valence-corrected chi connectivity index (χ2v) is 3.86. The number of carbonyl (C=O) groups is 1. The van der Waals surface area contributed by atoms with Crippen LogP contribution < -0.4 is 5.32 Å². The van der Waals surface area contributed by atoms with Crippen molar-refractivity contribution in [2.45, 2.75) is 0 Å². The minimum Gasteiger partial charge on any atom is -0.507 e. The quantitative estimate of drug-likeness (QED) is 0.657. The molecule has 0 aliphatic rings. The van der Waals surface area contributed by atoms with Crippen molar-refractivity contribution in [3.8, 4) is 5.75 Å². The Morgan fingerprint density at radius 2 is 1.70 bits per heavy atom. The summed E-state index contributed by atoms with van der Waals surface area (Å²) in [5, 5.41) is 11.2. The number of rotatable bonds is 2. The van der Waals surface area contributed by atoms with Gasteiger partial charge in [0.15, 0.2) is 11.6 Å². The van der Waals surface area contributed by atoms with Crippen molar-refractivity contribution in [3.05, 3.63) is 59.2 Å². The predicted octanol–water partition coefficient (Wildman–Crippen LogP) is 3.20. The molecule has 0 heterocycles. The molecule has 2 aromatic rings. The Labute approximate surface area is 110 Å². The number of phenolic OH excluding ortho intramolecular Hbond substituents is 1. The van der Waals surface area contributed by atoms with Gasteiger partial charge in [-0.25, -0.2) is 17.6 Å². The van der Waals surface area contributed by atoms with Gasteiger partial charge in [-0.15, -0.1) is 0 Å². The maximum atomic E-state index is 13.3. The summed E-state index contributed by atoms with van der Waals surface area (Å²) < 4.78 is 52.2. The molecule has 1 amide bonds. The van der Waals surface area contributed by atoms with Crippen LogP contribution >= 0.6 is 0 Å². The third-order valence-electron chi connectivity index (χ3n) is 2.44. The number of aromatic hydroxyl groups is 1. The Hall–Kier alpha value is -2.57. The topological polar surface area (TPSA) is 49.3 Å². The average Bonchev–Trinajstić information content (AvgIpc) is 2.38. The number of carbonyl (C=O) groups excluding carboxylic acids is 1. The van der Waals surface area contributed by atoms with Gasteiger partial charge < -0.3 is 10.4 Å². The van der Waals surface area contributed by atoms with Gasteiger partial charge in [0.25, 0.3) is 5.91 Å². The van der Waals surface area contributed by atoms with E-state index in [0.717, 1.165) is 12.1 Å². The van der Waals surface area contributed by atoms with E-state index in [0.29, 0.717) is 18.2 Å². The van der Waals surface area contributed by atoms with Crippen LogP contribution in [-0.2, 0) is 0 Å². The van der Waals surface area contributed by atoms with E-state index in [-0.39, 0.29) is 0 Å². The third-order valence-corrected chi connectivity index (χ3v) is 2.44. The second kappa shape index (κ2) is 5.20. The van der Waals surface area contributed by atoms with E-state index in [4.69, 9.17) is 0 Å². The maximum absolute atomic E-state index is 13.3. The number of benzene rings is 2. The van der Waals surface area contributed by atoms with Gasteiger partial charge in [-0.2, -0.15) is 0 Å². The fourth-order valence-electron chi connectivity index (χ4n) is 1.53. The van der Waals surface area contributed by atoms with Crippen LogP contribution in [0.3, 0.4) is 0 Å². The molecule has 0 atom stereocenters. The summed E-state index contributed by atoms with van der Waals surface area (Å²) in [5.41, 5.74) is -1.25. The molecule has 0 fully saturated rings. The van der Waals surface area contributed by atoms with E-state index in [1.165, 1.54) is 0 Å². The summed E-state index contributed by atoms with van der Waals surface area (Å²) in [6.07, 6.45) is 0. The van der Waals surface area contributed by atoms with Crippen LogP contribution in [0.25, 0.3) is 0 Å². The predicted molar refractivity (Wildman–Crippen MR) is 62.3 cm³/mol. The summed E-state index contributed by atoms with van der Waals surface area (Å²) in [6, 6.07) is 3.41. The van der Waals surface area contributed by atoms with Gasteiger partial charge in [-0.1, -0.05) is 0 Å². The Kier molecular flexibility index (Phi) is 3.60. The van der Waals surface area contributed by atoms with Crippen LogP contribution in [0.4, 0.5) is 23.2 Å². The minimum absolute atomic E-state index is 0.310. The molecule has 0 spiro atoms. The smallest absolute Gasteiger partial charge is 0.259 e. The van der Waals surface area contributed by atoms with Crippen molar-refractivity contribution in [3.63, 3.8) is 0 Å². The molecule has 2 N–H and O–H groups in total. The van der Waals surface area contributed by atoms with Gasteiger partial charge >= 0.3 is 0 Å². The van der Waals surface area contributed by atoms with Crippen LogP contribution in [0.1, 0.15) is 10.4 Å². The van der Waals surface area contributed by atoms with Gasteiger partial charge in [0, 0.05) is 12.1 Å². The molecule has 2 rings (SSSR count). The first-order chi connectivity index (χ1) is 9.38. The summed E-state index contributed by atoms with van der Waals surface area (Å²) in [7, 11) is 0. The molecule has 2 aromatic carbocycles. The molecule has 0 saturated carbocycles. The number of halogens is 4. The fourth-order valence-corrected chi connectivity index (χ4v) is 1.53. The van der Waals surface area contributed by atoms with E-state index in [9.17, 15) is 27.5 Å². The second-order valence-electron chi connectivity index (χ2n) is 3.86. The molecule has 0 unspecified atom stereocenters. The fraction of sp³-hybridized carbons (Fsp3) is 0. The highest BCUT2D eigenvalue weighted by Crippen LogP contribution is 2.23. The summed E-state index contributed by atoms with van der Waals surface area (Å²) in [6.45, 7) is 0. The van der Waals surface area contributed by atoms with Crippen LogP contribution in [0, 0.1) is 23.3 Å². The Bertz CT molecular complexity index is 688. The molecule has 0 saturated heterocycles. The summed E-state index contributed by atoms with van der Waals surface area (Å²) in [4.78, 5) is 11.7. The van der Waals surface area contributed by atoms with E-state index in [1.54, 1.807) is 0 Å². The monoisotopic (exact) mass is 285 g/mol. The van der Waals surface area contributed by atoms with Crippen LogP contribution in [0.5, 0.6) is 5.75 Å². The summed E-state index contributed by atoms with van der Waals surface area (Å²) in [5.74, 6) is -6.51. The molecule has 0 bridgehead atoms. The van der Waals surface area contributed by atoms with Crippen molar-refractivity contribution in [2.24, 2.45) is 0 Å². The number of hydrogen-bond acceptors (Lipinski definition) is 2. The average molecular weight is 285 g/mol. The molecule has 0 aliphatic carbocycles. The van der Waals surface area contributed by atoms with Crippen molar-refractivity contribution in [1.82, 2.24) is 0 Å². The van der Waals surface area contributed by atoms with Gasteiger partial charge in [0.2, 0.25) is 0 Å². The van der Waals surface area contributed by atoms with E-state index in [1.807, 2.05) is 5.32 Å². The van der Waals surface area contributed by atoms with E-state index in [2.05, 4.69) is 0 Å². The van der Waals surface area contributed by atoms with Gasteiger partial charge in [0.1, 0.15) is 17.4 Å². The lowest BCUT2D eigenvalue weighted by atomic mass is 10.1. The van der Waals surface area contributed by atoms with Crippen molar-refractivity contribution in [1.29, 1.82) is 0 Å². The first kappa shape index (κ1) is 13.9. The SMILES string of the molecule is O=C(Nc1cc(F)cc(F)c1F)c1cc(F)ccc1O. The van der Waals surface area contributed by atoms with Crippen molar-refractivity contribution < 1.29 is 27.5 Å². The van der Waals surface area contributed by atoms with E-state index >= 15 is 0 Å². The molecule has 0 aliphatic heterocycles. The normalized spacial score (nSPS) is 10.4. The third kappa shape index (κ3) is 2.71. The maximum Gasteiger partial charge on any atom is 0.259 e. The lowest BCUT2D eigenvalue weighted by Crippen LogP contribution is -2.14. The molecule has 20 heavy (non-hydrogen) atoms. The van der Waals surface area contributed by atoms with Gasteiger partial charge in [-0.3, -0.25) is 4.79 Å². The van der Waals surface area contributed by atoms with Gasteiger partial charge in [-0.05, 0) is 18.2 Å². The zero-order chi connectivity index (χ0) is 14.9. The van der Waals surface area contributed by atoms with Crippen LogP contribution in [-0.4, -0.2) is 11.0 Å². The van der Waals surface area contributed by atoms with Crippen molar-refractivity contribution in [2.75, 3.05) is 5.32 Å². The standard InChI is InChI=1S/C13H7F4NO2/c14-6-1-2-11(19)8(3-6)13(20)18-10-5-7(15)4-9(16)12(10)17/h1-5,19H,(H,18,20). The largest absolute Gasteiger partial charge is 0.507 e. The number of amides is 1. The molecular formula is C13H7F4NO2. The zero-order valence-electron chi connectivity index (χ0n) is 9.75. The first-order valence-electron chi connectivity index (χ1n) is 5.33. The molecule has 7 heteroatoms. The number of nitrogens with one attached hydrogen (secondary N) is 1. The molecule has 0 radical (unpaired) electrons. The number of hydrogen-bond donors (Lipinski definition) is 2. The van der Waals surface area contributed by atoms with Crippen LogP contribution in [0.2, 0.25) is 0 Å². The lowest BCUT2D eigenvalue weighted by molar-refractivity contribution is 0.102. The number of anilines is 1. The summed E-state index contributed by atoms with van der Waals surface area (Å²) >= 11 is 0. The van der Waals surface area contributed by atoms with Gasteiger partial charge in [0.05, 0.1) is 11.3 Å².